The van der Waals surface area contributed by atoms with Gasteiger partial charge in [0, 0.05) is 0 Å². The molecule has 17 heteroatoms. The molecular weight excluding hydrogens is 601 g/mol. The van der Waals surface area contributed by atoms with E-state index in [0.29, 0.717) is 0 Å². The Balaban J connectivity index is 0.000000762. The molecule has 0 unspecified atom stereocenters. The summed E-state index contributed by atoms with van der Waals surface area (Å²) in [6.45, 7) is 6.51. The first-order chi connectivity index (χ1) is 18.6. The first-order valence-electron chi connectivity index (χ1n) is 11.5. The summed E-state index contributed by atoms with van der Waals surface area (Å²) in [4.78, 5) is 45.6. The number of carbonyl (C=O) groups excluding carboxylic acids is 4. The molecule has 2 aromatic rings. The number of carbonyl (C=O) groups is 4. The molecule has 14 nitrogen and oxygen atoms in total. The normalized spacial score (nSPS) is 10.7. The van der Waals surface area contributed by atoms with E-state index in [4.69, 9.17) is 18.9 Å². The van der Waals surface area contributed by atoms with E-state index in [-0.39, 0.29) is 71.7 Å². The summed E-state index contributed by atoms with van der Waals surface area (Å²) in [5.74, 6) is -3.40. The molecule has 0 radical (unpaired) electrons. The molecule has 0 aromatic heterocycles. The molecule has 2 rings (SSSR count). The van der Waals surface area contributed by atoms with Crippen molar-refractivity contribution >= 4 is 67.2 Å². The van der Waals surface area contributed by atoms with E-state index in [9.17, 15) is 45.1 Å². The smallest absolute Gasteiger partial charge is 0.744 e. The summed E-state index contributed by atoms with van der Waals surface area (Å²) in [6.07, 6.45) is 0. The van der Waals surface area contributed by atoms with Gasteiger partial charge < -0.3 is 28.1 Å². The van der Waals surface area contributed by atoms with Crippen molar-refractivity contribution in [3.63, 3.8) is 0 Å². The van der Waals surface area contributed by atoms with Gasteiger partial charge in [0.1, 0.15) is 20.2 Å². The van der Waals surface area contributed by atoms with Crippen LogP contribution in [0.2, 0.25) is 0 Å². The van der Waals surface area contributed by atoms with Crippen molar-refractivity contribution in [3.05, 3.63) is 58.7 Å². The maximum Gasteiger partial charge on any atom is 2.00 e. The standard InChI is InChI=1S/2C12H14O7S.Mg/c2*1-3-18-11(13)9-6-5-8(20(15,16)17)7-10(9)12(14)19-4-2;/h2*5-7H,3-4H2,1-2H3,(H,15,16,17);/q;;+2/p-2. The minimum absolute atomic E-state index is 0. The van der Waals surface area contributed by atoms with E-state index in [1.807, 2.05) is 0 Å². The third kappa shape index (κ3) is 11.4. The van der Waals surface area contributed by atoms with Gasteiger partial charge in [-0.25, -0.2) is 36.0 Å². The summed E-state index contributed by atoms with van der Waals surface area (Å²) in [5, 5.41) is 0. The van der Waals surface area contributed by atoms with Crippen molar-refractivity contribution in [2.75, 3.05) is 26.4 Å². The van der Waals surface area contributed by atoms with Gasteiger partial charge in [0.2, 0.25) is 0 Å². The fourth-order valence-corrected chi connectivity index (χ4v) is 3.88. The number of ether oxygens (including phenoxy) is 4. The zero-order chi connectivity index (χ0) is 30.7. The van der Waals surface area contributed by atoms with Gasteiger partial charge in [-0.05, 0) is 64.1 Å². The number of hydrogen-bond donors (Lipinski definition) is 0. The van der Waals surface area contributed by atoms with E-state index in [2.05, 4.69) is 0 Å². The topological polar surface area (TPSA) is 220 Å². The van der Waals surface area contributed by atoms with Crippen molar-refractivity contribution in [1.82, 2.24) is 0 Å². The summed E-state index contributed by atoms with van der Waals surface area (Å²) >= 11 is 0. The molecule has 41 heavy (non-hydrogen) atoms. The molecule has 0 atom stereocenters. The van der Waals surface area contributed by atoms with Crippen molar-refractivity contribution in [2.24, 2.45) is 0 Å². The minimum atomic E-state index is -4.74. The Bertz CT molecular complexity index is 1360. The van der Waals surface area contributed by atoms with E-state index >= 15 is 0 Å². The Morgan fingerprint density at radius 1 is 0.537 bits per heavy atom. The third-order valence-electron chi connectivity index (χ3n) is 4.54. The molecule has 0 heterocycles. The number of hydrogen-bond acceptors (Lipinski definition) is 14. The van der Waals surface area contributed by atoms with Gasteiger partial charge in [0.05, 0.1) is 58.5 Å². The predicted molar refractivity (Wildman–Crippen MR) is 138 cm³/mol. The second-order valence-corrected chi connectivity index (χ2v) is 9.96. The fraction of sp³-hybridized carbons (Fsp3) is 0.333. The van der Waals surface area contributed by atoms with Gasteiger partial charge in [-0.2, -0.15) is 0 Å². The van der Waals surface area contributed by atoms with Crippen LogP contribution in [-0.4, -0.2) is 99.3 Å². The van der Waals surface area contributed by atoms with Crippen LogP contribution in [-0.2, 0) is 39.2 Å². The maximum atomic E-state index is 11.7. The molecule has 0 spiro atoms. The van der Waals surface area contributed by atoms with Gasteiger partial charge in [-0.3, -0.25) is 0 Å². The third-order valence-corrected chi connectivity index (χ3v) is 6.20. The molecule has 0 aliphatic rings. The first-order valence-corrected chi connectivity index (χ1v) is 14.3. The van der Waals surface area contributed by atoms with Crippen molar-refractivity contribution in [1.29, 1.82) is 0 Å². The van der Waals surface area contributed by atoms with Crippen LogP contribution >= 0.6 is 0 Å². The molecule has 0 amide bonds. The summed E-state index contributed by atoms with van der Waals surface area (Å²) < 4.78 is 84.6. The van der Waals surface area contributed by atoms with Crippen LogP contribution in [0, 0.1) is 0 Å². The fourth-order valence-electron chi connectivity index (χ4n) is 2.89. The van der Waals surface area contributed by atoms with Crippen LogP contribution in [0.3, 0.4) is 0 Å². The van der Waals surface area contributed by atoms with Crippen LogP contribution in [0.1, 0.15) is 69.1 Å². The van der Waals surface area contributed by atoms with Gasteiger partial charge in [0.25, 0.3) is 0 Å². The Hall–Kier alpha value is -3.09. The average molecular weight is 627 g/mol. The molecule has 0 saturated carbocycles. The average Bonchev–Trinajstić information content (AvgIpc) is 2.88. The Kier molecular flexibility index (Phi) is 15.7. The second kappa shape index (κ2) is 17.0. The van der Waals surface area contributed by atoms with Crippen LogP contribution in [0.25, 0.3) is 0 Å². The predicted octanol–water partition coefficient (Wildman–Crippen LogP) is 1.51. The summed E-state index contributed by atoms with van der Waals surface area (Å²) in [5.41, 5.74) is -0.945. The number of benzene rings is 2. The molecule has 0 aliphatic heterocycles. The monoisotopic (exact) mass is 626 g/mol. The zero-order valence-corrected chi connectivity index (χ0v) is 25.6. The molecule has 0 saturated heterocycles. The Morgan fingerprint density at radius 3 is 1.00 bits per heavy atom. The molecule has 220 valence electrons. The molecule has 0 bridgehead atoms. The largest absolute Gasteiger partial charge is 2.00 e. The molecule has 0 N–H and O–H groups in total. The zero-order valence-electron chi connectivity index (χ0n) is 22.5. The van der Waals surface area contributed by atoms with Gasteiger partial charge >= 0.3 is 46.9 Å². The van der Waals surface area contributed by atoms with Gasteiger partial charge in [0.15, 0.2) is 0 Å². The first kappa shape index (κ1) is 37.9. The van der Waals surface area contributed by atoms with Crippen LogP contribution in [0.4, 0.5) is 0 Å². The van der Waals surface area contributed by atoms with Gasteiger partial charge in [-0.15, -0.1) is 0 Å². The summed E-state index contributed by atoms with van der Waals surface area (Å²) in [7, 11) is -9.48. The Labute approximate surface area is 253 Å². The molecule has 0 aliphatic carbocycles. The number of esters is 4. The van der Waals surface area contributed by atoms with Crippen molar-refractivity contribution in [2.45, 2.75) is 37.5 Å². The minimum Gasteiger partial charge on any atom is -0.744 e. The maximum absolute atomic E-state index is 11.7. The summed E-state index contributed by atoms with van der Waals surface area (Å²) in [6, 6.07) is 5.61. The SMILES string of the molecule is CCOC(=O)c1ccc(S(=O)(=O)[O-])cc1C(=O)OCC.CCOC(=O)c1ccc(S(=O)(=O)[O-])cc1C(=O)OCC.[Mg+2]. The van der Waals surface area contributed by atoms with Crippen molar-refractivity contribution < 1.29 is 64.1 Å². The number of rotatable bonds is 10. The van der Waals surface area contributed by atoms with E-state index in [1.165, 1.54) is 0 Å². The van der Waals surface area contributed by atoms with Gasteiger partial charge in [-0.1, -0.05) is 0 Å². The molecular formula is C24H26MgO14S2. The van der Waals surface area contributed by atoms with Crippen LogP contribution in [0.15, 0.2) is 46.2 Å². The van der Waals surface area contributed by atoms with E-state index in [1.54, 1.807) is 27.7 Å². The van der Waals surface area contributed by atoms with E-state index < -0.39 is 53.9 Å². The van der Waals surface area contributed by atoms with Crippen LogP contribution < -0.4 is 0 Å². The Morgan fingerprint density at radius 2 is 0.780 bits per heavy atom. The van der Waals surface area contributed by atoms with E-state index in [0.717, 1.165) is 36.4 Å². The molecule has 2 aromatic carbocycles. The second-order valence-electron chi connectivity index (χ2n) is 7.20. The quantitative estimate of drug-likeness (QED) is 0.158. The van der Waals surface area contributed by atoms with Crippen LogP contribution in [0.5, 0.6) is 0 Å². The molecule has 0 fully saturated rings. The van der Waals surface area contributed by atoms with Crippen molar-refractivity contribution in [3.8, 4) is 0 Å².